The van der Waals surface area contributed by atoms with E-state index >= 15 is 0 Å². The maximum atomic E-state index is 5.83. The Balaban J connectivity index is 1.91. The second kappa shape index (κ2) is 5.14. The number of nitrogens with one attached hydrogen (secondary N) is 1. The fourth-order valence-corrected chi connectivity index (χ4v) is 2.29. The molecule has 0 atom stereocenters. The molecule has 2 aromatic heterocycles. The Hall–Kier alpha value is -1.62. The maximum Gasteiger partial charge on any atom is 0.149 e. The van der Waals surface area contributed by atoms with E-state index in [0.717, 1.165) is 35.2 Å². The molecule has 0 aliphatic carbocycles. The molecule has 2 aromatic rings. The quantitative estimate of drug-likeness (QED) is 0.872. The van der Waals surface area contributed by atoms with Crippen LogP contribution in [-0.2, 0) is 6.42 Å². The van der Waals surface area contributed by atoms with E-state index in [1.54, 1.807) is 11.3 Å². The molecule has 0 spiro atoms. The van der Waals surface area contributed by atoms with E-state index in [4.69, 9.17) is 5.73 Å². The van der Waals surface area contributed by atoms with E-state index in [0.29, 0.717) is 5.69 Å². The monoisotopic (exact) mass is 248 g/mol. The van der Waals surface area contributed by atoms with Crippen molar-refractivity contribution >= 4 is 22.8 Å². The average Bonchev–Trinajstić information content (AvgIpc) is 2.69. The first kappa shape index (κ1) is 11.9. The summed E-state index contributed by atoms with van der Waals surface area (Å²) in [5, 5.41) is 6.45. The number of nitrogens with zero attached hydrogens (tertiary/aromatic N) is 2. The van der Waals surface area contributed by atoms with Gasteiger partial charge in [-0.15, -0.1) is 11.3 Å². The summed E-state index contributed by atoms with van der Waals surface area (Å²) in [6, 6.07) is 3.78. The average molecular weight is 248 g/mol. The Morgan fingerprint density at radius 2 is 2.06 bits per heavy atom. The summed E-state index contributed by atoms with van der Waals surface area (Å²) < 4.78 is 0. The number of hydrogen-bond acceptors (Lipinski definition) is 5. The standard InChI is InChI=1S/C12H16N4S/c1-8-3-4-10(13)12(16-8)14-6-5-11-15-9(2)7-17-11/h3-4,7H,5-6,13H2,1-2H3,(H,14,16). The fraction of sp³-hybridized carbons (Fsp3) is 0.333. The lowest BCUT2D eigenvalue weighted by Crippen LogP contribution is -2.08. The molecule has 2 heterocycles. The zero-order chi connectivity index (χ0) is 12.3. The van der Waals surface area contributed by atoms with E-state index in [9.17, 15) is 0 Å². The second-order valence-electron chi connectivity index (χ2n) is 3.95. The Labute approximate surface area is 105 Å². The van der Waals surface area contributed by atoms with Gasteiger partial charge in [0.1, 0.15) is 5.82 Å². The van der Waals surface area contributed by atoms with Crippen LogP contribution in [0.4, 0.5) is 11.5 Å². The van der Waals surface area contributed by atoms with Gasteiger partial charge in [0.05, 0.1) is 10.7 Å². The summed E-state index contributed by atoms with van der Waals surface area (Å²) in [5.74, 6) is 0.762. The summed E-state index contributed by atoms with van der Waals surface area (Å²) in [6.45, 7) is 4.76. The minimum atomic E-state index is 0.686. The zero-order valence-corrected chi connectivity index (χ0v) is 10.8. The molecule has 0 saturated heterocycles. The number of aryl methyl sites for hydroxylation is 2. The van der Waals surface area contributed by atoms with Crippen LogP contribution in [0, 0.1) is 13.8 Å². The van der Waals surface area contributed by atoms with E-state index in [-0.39, 0.29) is 0 Å². The van der Waals surface area contributed by atoms with Crippen LogP contribution >= 0.6 is 11.3 Å². The Kier molecular flexibility index (Phi) is 3.58. The zero-order valence-electron chi connectivity index (χ0n) is 10.0. The number of thiazole rings is 1. The van der Waals surface area contributed by atoms with Gasteiger partial charge >= 0.3 is 0 Å². The van der Waals surface area contributed by atoms with Crippen molar-refractivity contribution in [2.75, 3.05) is 17.6 Å². The molecule has 0 aliphatic heterocycles. The van der Waals surface area contributed by atoms with E-state index < -0.39 is 0 Å². The van der Waals surface area contributed by atoms with Gasteiger partial charge in [-0.05, 0) is 26.0 Å². The van der Waals surface area contributed by atoms with E-state index in [1.807, 2.05) is 26.0 Å². The predicted octanol–water partition coefficient (Wildman–Crippen LogP) is 2.39. The van der Waals surface area contributed by atoms with Gasteiger partial charge < -0.3 is 11.1 Å². The molecule has 0 amide bonds. The number of anilines is 2. The van der Waals surface area contributed by atoms with Crippen LogP contribution in [0.5, 0.6) is 0 Å². The van der Waals surface area contributed by atoms with Crippen LogP contribution in [0.2, 0.25) is 0 Å². The highest BCUT2D eigenvalue weighted by Gasteiger charge is 2.02. The number of aromatic nitrogens is 2. The van der Waals surface area contributed by atoms with Gasteiger partial charge in [-0.3, -0.25) is 0 Å². The minimum absolute atomic E-state index is 0.686. The number of nitrogen functional groups attached to an aromatic ring is 1. The highest BCUT2D eigenvalue weighted by molar-refractivity contribution is 7.09. The fourth-order valence-electron chi connectivity index (χ4n) is 1.51. The third-order valence-corrected chi connectivity index (χ3v) is 3.39. The van der Waals surface area contributed by atoms with Gasteiger partial charge in [-0.25, -0.2) is 9.97 Å². The summed E-state index contributed by atoms with van der Waals surface area (Å²) in [5.41, 5.74) is 8.57. The summed E-state index contributed by atoms with van der Waals surface area (Å²) in [4.78, 5) is 8.76. The number of rotatable bonds is 4. The summed E-state index contributed by atoms with van der Waals surface area (Å²) in [6.07, 6.45) is 0.896. The van der Waals surface area contributed by atoms with Crippen LogP contribution in [0.1, 0.15) is 16.4 Å². The predicted molar refractivity (Wildman–Crippen MR) is 72.4 cm³/mol. The molecule has 0 saturated carbocycles. The first-order valence-corrected chi connectivity index (χ1v) is 6.41. The number of nitrogens with two attached hydrogens (primary N) is 1. The molecule has 0 unspecified atom stereocenters. The molecule has 17 heavy (non-hydrogen) atoms. The van der Waals surface area contributed by atoms with Gasteiger partial charge in [0, 0.05) is 29.7 Å². The number of pyridine rings is 1. The molecule has 2 rings (SSSR count). The Morgan fingerprint density at radius 3 is 2.76 bits per heavy atom. The summed E-state index contributed by atoms with van der Waals surface area (Å²) in [7, 11) is 0. The van der Waals surface area contributed by atoms with E-state index in [1.165, 1.54) is 0 Å². The lowest BCUT2D eigenvalue weighted by Gasteiger charge is -2.07. The van der Waals surface area contributed by atoms with Crippen molar-refractivity contribution in [2.24, 2.45) is 0 Å². The molecular formula is C12H16N4S. The Bertz CT molecular complexity index is 507. The molecule has 4 nitrogen and oxygen atoms in total. The van der Waals surface area contributed by atoms with Crippen LogP contribution in [0.15, 0.2) is 17.5 Å². The smallest absolute Gasteiger partial charge is 0.149 e. The van der Waals surface area contributed by atoms with Crippen molar-refractivity contribution in [1.29, 1.82) is 0 Å². The molecule has 90 valence electrons. The highest BCUT2D eigenvalue weighted by atomic mass is 32.1. The van der Waals surface area contributed by atoms with Crippen molar-refractivity contribution in [2.45, 2.75) is 20.3 Å². The second-order valence-corrected chi connectivity index (χ2v) is 4.89. The van der Waals surface area contributed by atoms with Crippen molar-refractivity contribution < 1.29 is 0 Å². The Morgan fingerprint density at radius 1 is 1.24 bits per heavy atom. The van der Waals surface area contributed by atoms with Gasteiger partial charge in [0.15, 0.2) is 0 Å². The molecule has 5 heteroatoms. The highest BCUT2D eigenvalue weighted by Crippen LogP contribution is 2.15. The van der Waals surface area contributed by atoms with Gasteiger partial charge in [0.25, 0.3) is 0 Å². The van der Waals surface area contributed by atoms with Crippen LogP contribution in [0.25, 0.3) is 0 Å². The molecular weight excluding hydrogens is 232 g/mol. The van der Waals surface area contributed by atoms with Crippen LogP contribution < -0.4 is 11.1 Å². The van der Waals surface area contributed by atoms with Gasteiger partial charge in [-0.2, -0.15) is 0 Å². The van der Waals surface area contributed by atoms with Crippen LogP contribution in [-0.4, -0.2) is 16.5 Å². The van der Waals surface area contributed by atoms with Crippen LogP contribution in [0.3, 0.4) is 0 Å². The molecule has 0 bridgehead atoms. The summed E-state index contributed by atoms with van der Waals surface area (Å²) >= 11 is 1.69. The molecule has 0 radical (unpaired) electrons. The third kappa shape index (κ3) is 3.17. The molecule has 0 fully saturated rings. The van der Waals surface area contributed by atoms with Crippen molar-refractivity contribution in [3.8, 4) is 0 Å². The van der Waals surface area contributed by atoms with E-state index in [2.05, 4.69) is 20.7 Å². The number of hydrogen-bond donors (Lipinski definition) is 2. The normalized spacial score (nSPS) is 10.5. The molecule has 0 aliphatic rings. The van der Waals surface area contributed by atoms with Crippen molar-refractivity contribution in [3.63, 3.8) is 0 Å². The van der Waals surface area contributed by atoms with Crippen molar-refractivity contribution in [1.82, 2.24) is 9.97 Å². The third-order valence-electron chi connectivity index (χ3n) is 2.36. The lowest BCUT2D eigenvalue weighted by molar-refractivity contribution is 0.975. The minimum Gasteiger partial charge on any atom is -0.396 e. The SMILES string of the molecule is Cc1csc(CCNc2nc(C)ccc2N)n1. The topological polar surface area (TPSA) is 63.8 Å². The molecule has 0 aromatic carbocycles. The first-order valence-electron chi connectivity index (χ1n) is 5.53. The van der Waals surface area contributed by atoms with Gasteiger partial charge in [0.2, 0.25) is 0 Å². The van der Waals surface area contributed by atoms with Crippen molar-refractivity contribution in [3.05, 3.63) is 33.9 Å². The van der Waals surface area contributed by atoms with Gasteiger partial charge in [-0.1, -0.05) is 0 Å². The largest absolute Gasteiger partial charge is 0.396 e. The maximum absolute atomic E-state index is 5.83. The lowest BCUT2D eigenvalue weighted by atomic mass is 10.3. The first-order chi connectivity index (χ1) is 8.15. The molecule has 3 N–H and O–H groups in total.